The van der Waals surface area contributed by atoms with Gasteiger partial charge in [-0.1, -0.05) is 26.8 Å². The van der Waals surface area contributed by atoms with Crippen molar-refractivity contribution in [3.8, 4) is 5.75 Å². The van der Waals surface area contributed by atoms with Crippen LogP contribution < -0.4 is 10.1 Å². The Kier molecular flexibility index (Phi) is 5.22. The number of nitrogens with one attached hydrogen (secondary N) is 1. The van der Waals surface area contributed by atoms with Crippen molar-refractivity contribution in [3.63, 3.8) is 0 Å². The second-order valence-electron chi connectivity index (χ2n) is 5.55. The maximum atomic E-state index is 12.6. The molecule has 112 valence electrons. The molecular weight excluding hydrogens is 270 g/mol. The first-order valence-electron chi connectivity index (χ1n) is 7.38. The molecule has 3 unspecified atom stereocenters. The Balaban J connectivity index is 2.34. The van der Waals surface area contributed by atoms with Crippen molar-refractivity contribution < 1.29 is 8.95 Å². The van der Waals surface area contributed by atoms with E-state index >= 15 is 0 Å². The number of benzene rings is 1. The van der Waals surface area contributed by atoms with E-state index in [0.717, 1.165) is 25.1 Å². The molecule has 0 spiro atoms. The third kappa shape index (κ3) is 3.07. The maximum absolute atomic E-state index is 12.6. The molecule has 20 heavy (non-hydrogen) atoms. The standard InChI is InChI=1S/C16H25NO2S/c1-5-17-16-14-8-7-13(19-4)10-12(14)6-9-15(16)20(18)11(2)3/h7-8,10-11,15-17H,5-6,9H2,1-4H3. The van der Waals surface area contributed by atoms with Crippen molar-refractivity contribution >= 4 is 10.8 Å². The van der Waals surface area contributed by atoms with E-state index in [1.54, 1.807) is 7.11 Å². The second kappa shape index (κ2) is 6.72. The van der Waals surface area contributed by atoms with Gasteiger partial charge in [0.15, 0.2) is 0 Å². The molecule has 1 aliphatic rings. The molecule has 0 saturated carbocycles. The van der Waals surface area contributed by atoms with Crippen LogP contribution in [-0.2, 0) is 17.2 Å². The van der Waals surface area contributed by atoms with Gasteiger partial charge >= 0.3 is 0 Å². The Hall–Kier alpha value is -0.870. The predicted molar refractivity (Wildman–Crippen MR) is 84.8 cm³/mol. The van der Waals surface area contributed by atoms with E-state index in [1.165, 1.54) is 11.1 Å². The fourth-order valence-corrected chi connectivity index (χ4v) is 4.52. The molecule has 0 radical (unpaired) electrons. The molecule has 0 aromatic heterocycles. The Bertz CT molecular complexity index is 487. The van der Waals surface area contributed by atoms with Crippen LogP contribution in [-0.4, -0.2) is 28.4 Å². The highest BCUT2D eigenvalue weighted by Crippen LogP contribution is 2.35. The van der Waals surface area contributed by atoms with Gasteiger partial charge < -0.3 is 10.1 Å². The number of hydrogen-bond donors (Lipinski definition) is 1. The highest BCUT2D eigenvalue weighted by Gasteiger charge is 2.34. The molecular formula is C16H25NO2S. The quantitative estimate of drug-likeness (QED) is 0.908. The van der Waals surface area contributed by atoms with Gasteiger partial charge in [0.2, 0.25) is 0 Å². The molecule has 1 N–H and O–H groups in total. The summed E-state index contributed by atoms with van der Waals surface area (Å²) >= 11 is 0. The summed E-state index contributed by atoms with van der Waals surface area (Å²) in [7, 11) is 0.899. The molecule has 1 aliphatic carbocycles. The number of rotatable bonds is 5. The van der Waals surface area contributed by atoms with Gasteiger partial charge in [-0.25, -0.2) is 0 Å². The van der Waals surface area contributed by atoms with Crippen molar-refractivity contribution in [2.45, 2.75) is 50.2 Å². The first-order valence-corrected chi connectivity index (χ1v) is 8.65. The monoisotopic (exact) mass is 295 g/mol. The summed E-state index contributed by atoms with van der Waals surface area (Å²) in [4.78, 5) is 0. The highest BCUT2D eigenvalue weighted by atomic mass is 32.2. The van der Waals surface area contributed by atoms with Crippen molar-refractivity contribution in [2.75, 3.05) is 13.7 Å². The van der Waals surface area contributed by atoms with Gasteiger partial charge in [-0.3, -0.25) is 4.21 Å². The topological polar surface area (TPSA) is 38.3 Å². The van der Waals surface area contributed by atoms with Gasteiger partial charge in [0, 0.05) is 22.1 Å². The Morgan fingerprint density at radius 1 is 1.45 bits per heavy atom. The molecule has 0 bridgehead atoms. The minimum Gasteiger partial charge on any atom is -0.497 e. The Morgan fingerprint density at radius 3 is 2.80 bits per heavy atom. The van der Waals surface area contributed by atoms with Crippen LogP contribution in [0.2, 0.25) is 0 Å². The lowest BCUT2D eigenvalue weighted by molar-refractivity contribution is 0.411. The summed E-state index contributed by atoms with van der Waals surface area (Å²) in [6, 6.07) is 6.45. The number of methoxy groups -OCH3 is 1. The molecule has 3 atom stereocenters. The van der Waals surface area contributed by atoms with Crippen molar-refractivity contribution in [1.29, 1.82) is 0 Å². The average Bonchev–Trinajstić information content (AvgIpc) is 2.46. The van der Waals surface area contributed by atoms with Crippen LogP contribution in [0.15, 0.2) is 18.2 Å². The van der Waals surface area contributed by atoms with Crippen LogP contribution in [0.3, 0.4) is 0 Å². The predicted octanol–water partition coefficient (Wildman–Crippen LogP) is 2.82. The highest BCUT2D eigenvalue weighted by molar-refractivity contribution is 7.86. The van der Waals surface area contributed by atoms with Crippen LogP contribution in [0.25, 0.3) is 0 Å². The summed E-state index contributed by atoms with van der Waals surface area (Å²) in [6.45, 7) is 7.08. The maximum Gasteiger partial charge on any atom is 0.119 e. The Labute approximate surface area is 124 Å². The van der Waals surface area contributed by atoms with E-state index in [2.05, 4.69) is 24.4 Å². The first kappa shape index (κ1) is 15.5. The van der Waals surface area contributed by atoms with Gasteiger partial charge in [0.1, 0.15) is 5.75 Å². The van der Waals surface area contributed by atoms with E-state index in [1.807, 2.05) is 19.9 Å². The zero-order valence-electron chi connectivity index (χ0n) is 12.8. The third-order valence-electron chi connectivity index (χ3n) is 3.94. The zero-order valence-corrected chi connectivity index (χ0v) is 13.6. The van der Waals surface area contributed by atoms with Crippen molar-refractivity contribution in [3.05, 3.63) is 29.3 Å². The van der Waals surface area contributed by atoms with Crippen molar-refractivity contribution in [1.82, 2.24) is 5.32 Å². The number of hydrogen-bond acceptors (Lipinski definition) is 3. The third-order valence-corrected chi connectivity index (χ3v) is 5.98. The molecule has 0 amide bonds. The fourth-order valence-electron chi connectivity index (χ4n) is 2.95. The van der Waals surface area contributed by atoms with Gasteiger partial charge in [0.05, 0.1) is 12.4 Å². The fraction of sp³-hybridized carbons (Fsp3) is 0.625. The number of fused-ring (bicyclic) bond motifs is 1. The van der Waals surface area contributed by atoms with E-state index in [4.69, 9.17) is 4.74 Å². The van der Waals surface area contributed by atoms with Gasteiger partial charge in [-0.15, -0.1) is 0 Å². The lowest BCUT2D eigenvalue weighted by Gasteiger charge is -2.34. The summed E-state index contributed by atoms with van der Waals surface area (Å²) in [5.74, 6) is 0.905. The smallest absolute Gasteiger partial charge is 0.119 e. The van der Waals surface area contributed by atoms with Crippen LogP contribution in [0.5, 0.6) is 5.75 Å². The molecule has 1 aromatic carbocycles. The molecule has 0 aliphatic heterocycles. The first-order chi connectivity index (χ1) is 9.58. The van der Waals surface area contributed by atoms with Crippen LogP contribution in [0.1, 0.15) is 44.4 Å². The van der Waals surface area contributed by atoms with Crippen LogP contribution in [0, 0.1) is 0 Å². The van der Waals surface area contributed by atoms with E-state index in [-0.39, 0.29) is 16.5 Å². The van der Waals surface area contributed by atoms with Crippen molar-refractivity contribution in [2.24, 2.45) is 0 Å². The number of aryl methyl sites for hydroxylation is 1. The summed E-state index contributed by atoms with van der Waals surface area (Å²) in [5.41, 5.74) is 2.62. The average molecular weight is 295 g/mol. The molecule has 3 nitrogen and oxygen atoms in total. The zero-order chi connectivity index (χ0) is 14.7. The second-order valence-corrected chi connectivity index (χ2v) is 7.76. The Morgan fingerprint density at radius 2 is 2.20 bits per heavy atom. The summed E-state index contributed by atoms with van der Waals surface area (Å²) < 4.78 is 17.9. The molecule has 4 heteroatoms. The van der Waals surface area contributed by atoms with E-state index < -0.39 is 10.8 Å². The minimum absolute atomic E-state index is 0.192. The minimum atomic E-state index is -0.798. The molecule has 0 saturated heterocycles. The number of ether oxygens (including phenoxy) is 1. The van der Waals surface area contributed by atoms with Gasteiger partial charge in [-0.2, -0.15) is 0 Å². The van der Waals surface area contributed by atoms with Gasteiger partial charge in [-0.05, 0) is 42.6 Å². The summed E-state index contributed by atoms with van der Waals surface area (Å²) in [5, 5.41) is 3.94. The van der Waals surface area contributed by atoms with Crippen LogP contribution in [0.4, 0.5) is 0 Å². The lowest BCUT2D eigenvalue weighted by atomic mass is 9.87. The van der Waals surface area contributed by atoms with Crippen LogP contribution >= 0.6 is 0 Å². The SMILES string of the molecule is CCNC1c2ccc(OC)cc2CCC1S(=O)C(C)C. The molecule has 2 rings (SSSR count). The molecule has 0 heterocycles. The largest absolute Gasteiger partial charge is 0.497 e. The normalized spacial score (nSPS) is 23.4. The van der Waals surface area contributed by atoms with E-state index in [9.17, 15) is 4.21 Å². The molecule has 1 aromatic rings. The lowest BCUT2D eigenvalue weighted by Crippen LogP contribution is -2.40. The summed E-state index contributed by atoms with van der Waals surface area (Å²) in [6.07, 6.45) is 1.96. The molecule has 0 fully saturated rings. The van der Waals surface area contributed by atoms with Gasteiger partial charge in [0.25, 0.3) is 0 Å². The van der Waals surface area contributed by atoms with E-state index in [0.29, 0.717) is 0 Å².